The molecule has 0 aliphatic heterocycles. The Morgan fingerprint density at radius 2 is 0.789 bits per heavy atom. The Balaban J connectivity index is 2.17. The Morgan fingerprint density at radius 3 is 1.12 bits per heavy atom. The van der Waals surface area contributed by atoms with Crippen LogP contribution in [0, 0.1) is 37.8 Å². The molecule has 0 bridgehead atoms. The smallest absolute Gasteiger partial charge is 0.333 e. The predicted octanol–water partition coefficient (Wildman–Crippen LogP) is 10.8. The summed E-state index contributed by atoms with van der Waals surface area (Å²) >= 11 is 0. The first-order chi connectivity index (χ1) is 26.7. The van der Waals surface area contributed by atoms with Crippen molar-refractivity contribution in [1.82, 2.24) is 0 Å². The number of aryl methyl sites for hydroxylation is 2. The molecule has 2 aromatic carbocycles. The lowest BCUT2D eigenvalue weighted by Gasteiger charge is -2.26. The number of hydrogen-bond acceptors (Lipinski definition) is 8. The van der Waals surface area contributed by atoms with Crippen molar-refractivity contribution in [3.63, 3.8) is 0 Å². The number of carbonyl (C=O) groups is 2. The van der Waals surface area contributed by atoms with Gasteiger partial charge in [0.1, 0.15) is 0 Å². The molecule has 0 N–H and O–H groups in total. The number of nitrogens with zero attached hydrogens (tertiary/aromatic N) is 2. The zero-order valence-corrected chi connectivity index (χ0v) is 37.2. The quantitative estimate of drug-likeness (QED) is 0.0521. The second kappa shape index (κ2) is 21.9. The molecule has 0 aromatic heterocycles. The van der Waals surface area contributed by atoms with Crippen LogP contribution in [0.4, 0.5) is 0 Å². The molecule has 57 heavy (non-hydrogen) atoms. The zero-order valence-electron chi connectivity index (χ0n) is 35.6. The molecular formula is C45H66N2O8S2. The number of unbranched alkanes of at least 4 members (excludes halogenated alkanes) is 6. The Kier molecular flexibility index (Phi) is 18.9. The van der Waals surface area contributed by atoms with Crippen LogP contribution >= 0.6 is 0 Å². The summed E-state index contributed by atoms with van der Waals surface area (Å²) in [6.45, 7) is 31.5. The summed E-state index contributed by atoms with van der Waals surface area (Å²) < 4.78 is 67.0. The monoisotopic (exact) mass is 826 g/mol. The highest BCUT2D eigenvalue weighted by atomic mass is 32.2. The average Bonchev–Trinajstić information content (AvgIpc) is 3.16. The van der Waals surface area contributed by atoms with Crippen LogP contribution in [-0.4, -0.2) is 51.7 Å². The molecule has 0 aliphatic carbocycles. The molecule has 0 saturated heterocycles. The first-order valence-electron chi connectivity index (χ1n) is 20.4. The van der Waals surface area contributed by atoms with Gasteiger partial charge in [0.25, 0.3) is 19.7 Å². The second-order valence-electron chi connectivity index (χ2n) is 16.6. The van der Waals surface area contributed by atoms with E-state index in [0.717, 1.165) is 11.1 Å². The molecule has 2 rings (SSSR count). The van der Waals surface area contributed by atoms with Crippen molar-refractivity contribution in [1.29, 1.82) is 0 Å². The largest absolute Gasteiger partial charge is 0.466 e. The predicted molar refractivity (Wildman–Crippen MR) is 225 cm³/mol. The molecule has 0 radical (unpaired) electrons. The van der Waals surface area contributed by atoms with E-state index >= 15 is 0 Å². The SMILES string of the molecule is [C-]#[N+]C(CCCCCCCC(CCCC(C)(C)C(=O)OCC)([N+]#[C-])S(=O)(=O)c1ccc(C)cc1)(CCCCCC(C)(C)C(=O)OCC)S(=O)(=O)c1ccc(C)cc1. The average molecular weight is 827 g/mol. The Morgan fingerprint density at radius 1 is 0.509 bits per heavy atom. The maximum Gasteiger partial charge on any atom is 0.333 e. The Hall–Kier alpha value is -3.74. The number of rotatable bonds is 26. The van der Waals surface area contributed by atoms with E-state index < -0.39 is 40.2 Å². The van der Waals surface area contributed by atoms with Crippen LogP contribution < -0.4 is 0 Å². The highest BCUT2D eigenvalue weighted by Gasteiger charge is 2.52. The molecule has 0 amide bonds. The second-order valence-corrected chi connectivity index (χ2v) is 21.1. The molecule has 316 valence electrons. The lowest BCUT2D eigenvalue weighted by molar-refractivity contribution is -0.154. The van der Waals surface area contributed by atoms with Crippen LogP contribution in [-0.2, 0) is 38.7 Å². The molecule has 0 aliphatic rings. The maximum absolute atomic E-state index is 14.2. The van der Waals surface area contributed by atoms with Crippen LogP contribution in [0.2, 0.25) is 0 Å². The summed E-state index contributed by atoms with van der Waals surface area (Å²) in [6.07, 6.45) is 6.58. The van der Waals surface area contributed by atoms with Crippen LogP contribution in [0.3, 0.4) is 0 Å². The molecule has 0 heterocycles. The van der Waals surface area contributed by atoms with E-state index in [-0.39, 0.29) is 54.0 Å². The minimum Gasteiger partial charge on any atom is -0.466 e. The van der Waals surface area contributed by atoms with E-state index in [9.17, 15) is 26.4 Å². The third kappa shape index (κ3) is 13.1. The fourth-order valence-electron chi connectivity index (χ4n) is 7.15. The molecular weight excluding hydrogens is 761 g/mol. The summed E-state index contributed by atoms with van der Waals surface area (Å²) in [6, 6.07) is 13.2. The number of ether oxygens (including phenoxy) is 2. The van der Waals surface area contributed by atoms with Crippen molar-refractivity contribution < 1.29 is 35.9 Å². The summed E-state index contributed by atoms with van der Waals surface area (Å²) in [5.74, 6) is -0.617. The van der Waals surface area contributed by atoms with Crippen LogP contribution in [0.25, 0.3) is 9.69 Å². The van der Waals surface area contributed by atoms with Gasteiger partial charge in [-0.15, -0.1) is 0 Å². The summed E-state index contributed by atoms with van der Waals surface area (Å²) in [5, 5.41) is 0. The van der Waals surface area contributed by atoms with E-state index in [1.54, 1.807) is 76.2 Å². The van der Waals surface area contributed by atoms with Gasteiger partial charge in [0, 0.05) is 25.7 Å². The van der Waals surface area contributed by atoms with Crippen molar-refractivity contribution in [2.24, 2.45) is 10.8 Å². The number of carbonyl (C=O) groups excluding carboxylic acids is 2. The fourth-order valence-corrected chi connectivity index (χ4v) is 10.9. The minimum atomic E-state index is -4.07. The van der Waals surface area contributed by atoms with Gasteiger partial charge in [-0.2, -0.15) is 0 Å². The molecule has 2 unspecified atom stereocenters. The van der Waals surface area contributed by atoms with E-state index in [1.165, 1.54) is 0 Å². The standard InChI is InChI=1S/C45H66N2O8S2/c1-11-54-40(48)42(5,6)30-17-16-20-34-44(46-9,56(50,51)38-26-22-36(3)23-27-38)32-18-14-13-15-19-33-45(47-10,35-21-31-43(7,8)41(49)55-12-2)57(52,53)39-28-24-37(4)25-29-39/h22-29H,11-21,30-35H2,1-8H3. The fraction of sp³-hybridized carbons (Fsp3) is 0.644. The number of hydrogen-bond donors (Lipinski definition) is 0. The van der Waals surface area contributed by atoms with Crippen LogP contribution in [0.1, 0.15) is 149 Å². The molecule has 2 aromatic rings. The van der Waals surface area contributed by atoms with Gasteiger partial charge < -0.3 is 9.47 Å². The minimum absolute atomic E-state index is 0.0697. The highest BCUT2D eigenvalue weighted by Crippen LogP contribution is 2.40. The van der Waals surface area contributed by atoms with Gasteiger partial charge in [0.15, 0.2) is 0 Å². The molecule has 0 saturated carbocycles. The van der Waals surface area contributed by atoms with E-state index in [4.69, 9.17) is 22.6 Å². The molecule has 2 atom stereocenters. The van der Waals surface area contributed by atoms with Gasteiger partial charge in [-0.3, -0.25) is 19.3 Å². The zero-order chi connectivity index (χ0) is 43.0. The normalized spacial score (nSPS) is 14.4. The Bertz CT molecular complexity index is 1910. The number of benzene rings is 2. The first-order valence-corrected chi connectivity index (χ1v) is 23.4. The van der Waals surface area contributed by atoms with Crippen molar-refractivity contribution in [3.05, 3.63) is 82.5 Å². The van der Waals surface area contributed by atoms with Crippen LogP contribution in [0.5, 0.6) is 0 Å². The van der Waals surface area contributed by atoms with Gasteiger partial charge in [0.2, 0.25) is 0 Å². The van der Waals surface area contributed by atoms with E-state index in [2.05, 4.69) is 9.69 Å². The van der Waals surface area contributed by atoms with Gasteiger partial charge >= 0.3 is 21.7 Å². The third-order valence-electron chi connectivity index (χ3n) is 11.1. The van der Waals surface area contributed by atoms with Crippen LogP contribution in [0.15, 0.2) is 58.3 Å². The topological polar surface area (TPSA) is 130 Å². The molecule has 0 fully saturated rings. The van der Waals surface area contributed by atoms with Crippen molar-refractivity contribution in [3.8, 4) is 0 Å². The van der Waals surface area contributed by atoms with Crippen molar-refractivity contribution >= 4 is 31.6 Å². The highest BCUT2D eigenvalue weighted by molar-refractivity contribution is 7.93. The summed E-state index contributed by atoms with van der Waals surface area (Å²) in [5.41, 5.74) is 0.344. The van der Waals surface area contributed by atoms with Gasteiger partial charge in [-0.1, -0.05) is 67.5 Å². The van der Waals surface area contributed by atoms with Crippen molar-refractivity contribution in [2.45, 2.75) is 171 Å². The lowest BCUT2D eigenvalue weighted by Crippen LogP contribution is -2.36. The maximum atomic E-state index is 14.2. The van der Waals surface area contributed by atoms with Gasteiger partial charge in [-0.05, 0) is 118 Å². The summed E-state index contributed by atoms with van der Waals surface area (Å²) in [7, 11) is -8.08. The Labute approximate surface area is 344 Å². The van der Waals surface area contributed by atoms with E-state index in [1.807, 2.05) is 27.7 Å². The first kappa shape index (κ1) is 49.4. The lowest BCUT2D eigenvalue weighted by atomic mass is 9.86. The van der Waals surface area contributed by atoms with E-state index in [0.29, 0.717) is 77.2 Å². The molecule has 10 nitrogen and oxygen atoms in total. The molecule has 12 heteroatoms. The van der Waals surface area contributed by atoms with Crippen molar-refractivity contribution in [2.75, 3.05) is 13.2 Å². The number of esters is 2. The molecule has 0 spiro atoms. The number of sulfone groups is 2. The van der Waals surface area contributed by atoms with Gasteiger partial charge in [0.05, 0.1) is 33.8 Å². The summed E-state index contributed by atoms with van der Waals surface area (Å²) in [4.78, 5) is 29.5. The van der Waals surface area contributed by atoms with Gasteiger partial charge in [-0.25, -0.2) is 30.0 Å². The third-order valence-corrected chi connectivity index (χ3v) is 15.9.